The van der Waals surface area contributed by atoms with Crippen molar-refractivity contribution in [1.82, 2.24) is 16.0 Å². The monoisotopic (exact) mass is 438 g/mol. The van der Waals surface area contributed by atoms with E-state index in [4.69, 9.17) is 18.9 Å². The third kappa shape index (κ3) is 8.82. The van der Waals surface area contributed by atoms with E-state index in [0.29, 0.717) is 36.3 Å². The van der Waals surface area contributed by atoms with E-state index in [0.717, 1.165) is 5.56 Å². The minimum absolute atomic E-state index is 0.130. The Bertz CT molecular complexity index is 719. The van der Waals surface area contributed by atoms with Gasteiger partial charge >= 0.3 is 6.09 Å². The maximum absolute atomic E-state index is 12.1. The Morgan fingerprint density at radius 1 is 1.03 bits per heavy atom. The van der Waals surface area contributed by atoms with Gasteiger partial charge in [0, 0.05) is 20.1 Å². The second kappa shape index (κ2) is 12.1. The molecule has 3 N–H and O–H groups in total. The zero-order chi connectivity index (χ0) is 23.6. The fraction of sp³-hybridized carbons (Fsp3) is 0.636. The number of hydrogen-bond donors (Lipinski definition) is 3. The Morgan fingerprint density at radius 3 is 2.03 bits per heavy atom. The second-order valence-corrected chi connectivity index (χ2v) is 8.34. The van der Waals surface area contributed by atoms with Crippen LogP contribution < -0.4 is 30.2 Å². The lowest BCUT2D eigenvalue weighted by molar-refractivity contribution is 0.0491. The number of nitrogens with zero attached hydrogens (tertiary/aromatic N) is 1. The van der Waals surface area contributed by atoms with Crippen LogP contribution in [0.2, 0.25) is 0 Å². The number of ether oxygens (including phenoxy) is 4. The topological polar surface area (TPSA) is 102 Å². The lowest BCUT2D eigenvalue weighted by Crippen LogP contribution is -2.50. The van der Waals surface area contributed by atoms with E-state index in [-0.39, 0.29) is 12.0 Å². The van der Waals surface area contributed by atoms with Gasteiger partial charge < -0.3 is 34.9 Å². The molecule has 0 aliphatic rings. The van der Waals surface area contributed by atoms with Crippen LogP contribution in [0.15, 0.2) is 17.1 Å². The van der Waals surface area contributed by atoms with Gasteiger partial charge in [0.15, 0.2) is 17.5 Å². The molecular weight excluding hydrogens is 400 g/mol. The van der Waals surface area contributed by atoms with Gasteiger partial charge in [0.1, 0.15) is 5.60 Å². The number of carbonyl (C=O) groups is 1. The summed E-state index contributed by atoms with van der Waals surface area (Å²) in [5.41, 5.74) is 0.390. The van der Waals surface area contributed by atoms with Crippen molar-refractivity contribution in [3.8, 4) is 17.2 Å². The minimum Gasteiger partial charge on any atom is -0.493 e. The summed E-state index contributed by atoms with van der Waals surface area (Å²) in [6.45, 7) is 10.6. The number of alkyl carbamates (subject to hydrolysis) is 1. The van der Waals surface area contributed by atoms with Gasteiger partial charge in [-0.05, 0) is 44.4 Å². The quantitative estimate of drug-likeness (QED) is 0.402. The summed E-state index contributed by atoms with van der Waals surface area (Å²) in [5, 5.41) is 9.42. The number of hydrogen-bond acceptors (Lipinski definition) is 6. The van der Waals surface area contributed by atoms with Gasteiger partial charge in [-0.1, -0.05) is 13.8 Å². The van der Waals surface area contributed by atoms with Crippen LogP contribution in [0.3, 0.4) is 0 Å². The van der Waals surface area contributed by atoms with Crippen LogP contribution in [-0.4, -0.2) is 58.6 Å². The number of methoxy groups -OCH3 is 3. The highest BCUT2D eigenvalue weighted by molar-refractivity contribution is 5.79. The van der Waals surface area contributed by atoms with E-state index in [2.05, 4.69) is 20.9 Å². The molecule has 1 amide bonds. The van der Waals surface area contributed by atoms with E-state index in [1.54, 1.807) is 28.4 Å². The smallest absolute Gasteiger partial charge is 0.407 e. The first-order valence-corrected chi connectivity index (χ1v) is 10.3. The molecule has 31 heavy (non-hydrogen) atoms. The summed E-state index contributed by atoms with van der Waals surface area (Å²) < 4.78 is 21.5. The molecule has 0 saturated carbocycles. The molecular formula is C22H38N4O5. The average Bonchev–Trinajstić information content (AvgIpc) is 2.70. The Balaban J connectivity index is 2.74. The molecule has 0 saturated heterocycles. The number of carbonyl (C=O) groups excluding carboxylic acids is 1. The number of amides is 1. The van der Waals surface area contributed by atoms with Crippen molar-refractivity contribution >= 4 is 12.1 Å². The molecule has 1 aromatic rings. The molecule has 0 aromatic heterocycles. The van der Waals surface area contributed by atoms with Crippen LogP contribution in [-0.2, 0) is 11.3 Å². The molecule has 9 nitrogen and oxygen atoms in total. The molecule has 0 radical (unpaired) electrons. The van der Waals surface area contributed by atoms with Gasteiger partial charge in [-0.2, -0.15) is 0 Å². The van der Waals surface area contributed by atoms with Gasteiger partial charge in [-0.15, -0.1) is 0 Å². The lowest BCUT2D eigenvalue weighted by Gasteiger charge is -2.26. The molecule has 1 atom stereocenters. The SMILES string of the molecule is CN=C(NCc1cc(OC)c(OC)c(OC)c1)NCC(NC(=O)OC(C)(C)C)C(C)C. The van der Waals surface area contributed by atoms with Crippen molar-refractivity contribution in [1.29, 1.82) is 0 Å². The van der Waals surface area contributed by atoms with Crippen LogP contribution in [0, 0.1) is 5.92 Å². The molecule has 9 heteroatoms. The van der Waals surface area contributed by atoms with Crippen LogP contribution in [0.5, 0.6) is 17.2 Å². The van der Waals surface area contributed by atoms with Crippen molar-refractivity contribution < 1.29 is 23.7 Å². The van der Waals surface area contributed by atoms with Crippen molar-refractivity contribution in [3.63, 3.8) is 0 Å². The predicted molar refractivity (Wildman–Crippen MR) is 122 cm³/mol. The van der Waals surface area contributed by atoms with E-state index >= 15 is 0 Å². The van der Waals surface area contributed by atoms with Crippen LogP contribution >= 0.6 is 0 Å². The normalized spacial score (nSPS) is 12.8. The zero-order valence-electron chi connectivity index (χ0n) is 20.2. The van der Waals surface area contributed by atoms with E-state index in [1.165, 1.54) is 0 Å². The molecule has 1 unspecified atom stereocenters. The summed E-state index contributed by atoms with van der Waals surface area (Å²) in [4.78, 5) is 16.4. The first-order valence-electron chi connectivity index (χ1n) is 10.3. The largest absolute Gasteiger partial charge is 0.493 e. The average molecular weight is 439 g/mol. The third-order valence-corrected chi connectivity index (χ3v) is 4.40. The van der Waals surface area contributed by atoms with Crippen molar-refractivity contribution in [2.24, 2.45) is 10.9 Å². The second-order valence-electron chi connectivity index (χ2n) is 8.34. The lowest BCUT2D eigenvalue weighted by atomic mass is 10.0. The number of aliphatic imine (C=N–C) groups is 1. The van der Waals surface area contributed by atoms with Crippen molar-refractivity contribution in [2.45, 2.75) is 52.8 Å². The van der Waals surface area contributed by atoms with Gasteiger partial charge in [0.05, 0.1) is 27.4 Å². The first-order chi connectivity index (χ1) is 14.5. The van der Waals surface area contributed by atoms with Gasteiger partial charge in [-0.25, -0.2) is 4.79 Å². The Labute approximate surface area is 185 Å². The molecule has 0 aliphatic carbocycles. The maximum Gasteiger partial charge on any atom is 0.407 e. The predicted octanol–water partition coefficient (Wildman–Crippen LogP) is 2.93. The third-order valence-electron chi connectivity index (χ3n) is 4.40. The molecule has 176 valence electrons. The highest BCUT2D eigenvalue weighted by Crippen LogP contribution is 2.38. The molecule has 1 rings (SSSR count). The maximum atomic E-state index is 12.1. The Hall–Kier alpha value is -2.84. The van der Waals surface area contributed by atoms with Crippen molar-refractivity contribution in [2.75, 3.05) is 34.9 Å². The van der Waals surface area contributed by atoms with Crippen LogP contribution in [0.4, 0.5) is 4.79 Å². The van der Waals surface area contributed by atoms with Gasteiger partial charge in [-0.3, -0.25) is 4.99 Å². The van der Waals surface area contributed by atoms with Gasteiger partial charge in [0.2, 0.25) is 5.75 Å². The number of benzene rings is 1. The summed E-state index contributed by atoms with van der Waals surface area (Å²) in [5.74, 6) is 2.52. The Kier molecular flexibility index (Phi) is 10.2. The van der Waals surface area contributed by atoms with E-state index in [9.17, 15) is 4.79 Å². The fourth-order valence-corrected chi connectivity index (χ4v) is 2.76. The summed E-state index contributed by atoms with van der Waals surface area (Å²) in [6.07, 6.45) is -0.437. The summed E-state index contributed by atoms with van der Waals surface area (Å²) >= 11 is 0. The molecule has 0 aliphatic heterocycles. The van der Waals surface area contributed by atoms with E-state index in [1.807, 2.05) is 46.8 Å². The number of nitrogens with one attached hydrogen (secondary N) is 3. The van der Waals surface area contributed by atoms with Crippen LogP contribution in [0.1, 0.15) is 40.2 Å². The molecule has 0 spiro atoms. The minimum atomic E-state index is -0.545. The standard InChI is InChI=1S/C22H38N4O5/c1-14(2)16(26-21(27)31-22(3,4)5)13-25-20(23-6)24-12-15-10-17(28-7)19(30-9)18(11-15)29-8/h10-11,14,16H,12-13H2,1-9H3,(H,26,27)(H2,23,24,25). The molecule has 0 heterocycles. The highest BCUT2D eigenvalue weighted by Gasteiger charge is 2.21. The molecule has 0 fully saturated rings. The van der Waals surface area contributed by atoms with Crippen LogP contribution in [0.25, 0.3) is 0 Å². The van der Waals surface area contributed by atoms with Gasteiger partial charge in [0.25, 0.3) is 0 Å². The summed E-state index contributed by atoms with van der Waals surface area (Å²) in [7, 11) is 6.42. The fourth-order valence-electron chi connectivity index (χ4n) is 2.76. The van der Waals surface area contributed by atoms with Crippen molar-refractivity contribution in [3.05, 3.63) is 17.7 Å². The first kappa shape index (κ1) is 26.2. The summed E-state index contributed by atoms with van der Waals surface area (Å²) in [6, 6.07) is 3.63. The number of guanidine groups is 1. The highest BCUT2D eigenvalue weighted by atomic mass is 16.6. The number of rotatable bonds is 9. The molecule has 0 bridgehead atoms. The zero-order valence-corrected chi connectivity index (χ0v) is 20.2. The van der Waals surface area contributed by atoms with E-state index < -0.39 is 11.7 Å². The molecule has 1 aromatic carbocycles. The Morgan fingerprint density at radius 2 is 1.61 bits per heavy atom.